The summed E-state index contributed by atoms with van der Waals surface area (Å²) in [6, 6.07) is 4.70. The molecular weight excluding hydrogens is 438 g/mol. The molecule has 32 heavy (non-hydrogen) atoms. The van der Waals surface area contributed by atoms with Crippen LogP contribution in [0.15, 0.2) is 42.5 Å². The number of carboxylic acid groups (broad SMARTS) is 1. The van der Waals surface area contributed by atoms with Crippen molar-refractivity contribution in [1.29, 1.82) is 0 Å². The van der Waals surface area contributed by atoms with E-state index in [-0.39, 0.29) is 11.3 Å². The third-order valence-electron chi connectivity index (χ3n) is 4.93. The monoisotopic (exact) mass is 463 g/mol. The fourth-order valence-electron chi connectivity index (χ4n) is 3.62. The number of carbonyl (C=O) groups excluding carboxylic acids is 3. The first-order chi connectivity index (χ1) is 14.9. The van der Waals surface area contributed by atoms with Crippen molar-refractivity contribution in [2.75, 3.05) is 5.75 Å². The molecule has 0 spiro atoms. The van der Waals surface area contributed by atoms with Crippen LogP contribution >= 0.6 is 0 Å². The topological polar surface area (TPSA) is 148 Å². The fraction of sp³-hybridized carbons (Fsp3) is 0.429. The molecule has 0 aliphatic carbocycles. The molecular formula is C21H25N3O7S. The van der Waals surface area contributed by atoms with Crippen molar-refractivity contribution in [2.45, 2.75) is 49.9 Å². The van der Waals surface area contributed by atoms with Crippen LogP contribution in [0.2, 0.25) is 0 Å². The maximum absolute atomic E-state index is 13.1. The van der Waals surface area contributed by atoms with Gasteiger partial charge in [-0.3, -0.25) is 14.5 Å². The lowest BCUT2D eigenvalue weighted by molar-refractivity contribution is -0.160. The number of carboxylic acids is 1. The summed E-state index contributed by atoms with van der Waals surface area (Å²) in [7, 11) is 0. The molecule has 3 unspecified atom stereocenters. The second-order valence-electron chi connectivity index (χ2n) is 8.54. The fourth-order valence-corrected chi connectivity index (χ4v) is 5.28. The lowest BCUT2D eigenvalue weighted by Gasteiger charge is -2.51. The summed E-state index contributed by atoms with van der Waals surface area (Å²) in [5.41, 5.74) is -0.181. The highest BCUT2D eigenvalue weighted by atomic mass is 32.2. The van der Waals surface area contributed by atoms with Crippen LogP contribution in [0.25, 0.3) is 0 Å². The molecule has 10 nitrogen and oxygen atoms in total. The van der Waals surface area contributed by atoms with Crippen molar-refractivity contribution in [1.82, 2.24) is 15.5 Å². The van der Waals surface area contributed by atoms with Gasteiger partial charge in [0.25, 0.3) is 5.91 Å². The van der Waals surface area contributed by atoms with E-state index in [9.17, 15) is 28.8 Å². The maximum atomic E-state index is 13.1. The second kappa shape index (κ2) is 8.83. The van der Waals surface area contributed by atoms with Gasteiger partial charge < -0.3 is 25.0 Å². The molecule has 0 radical (unpaired) electrons. The molecule has 3 amide bonds. The predicted molar refractivity (Wildman–Crippen MR) is 115 cm³/mol. The van der Waals surface area contributed by atoms with E-state index in [1.54, 1.807) is 51.1 Å². The van der Waals surface area contributed by atoms with E-state index in [4.69, 9.17) is 4.74 Å². The highest BCUT2D eigenvalue weighted by Gasteiger charge is 2.63. The lowest BCUT2D eigenvalue weighted by atomic mass is 9.98. The van der Waals surface area contributed by atoms with Crippen LogP contribution in [0.4, 0.5) is 4.79 Å². The van der Waals surface area contributed by atoms with Crippen molar-refractivity contribution >= 4 is 35.1 Å². The van der Waals surface area contributed by atoms with Gasteiger partial charge in [0.1, 0.15) is 17.4 Å². The Morgan fingerprint density at radius 2 is 1.91 bits per heavy atom. The second-order valence-corrected chi connectivity index (χ2v) is 10.1. The van der Waals surface area contributed by atoms with Gasteiger partial charge in [-0.1, -0.05) is 36.9 Å². The van der Waals surface area contributed by atoms with Crippen molar-refractivity contribution in [3.63, 3.8) is 0 Å². The van der Waals surface area contributed by atoms with Crippen LogP contribution in [-0.2, 0) is 30.3 Å². The van der Waals surface area contributed by atoms with E-state index in [1.165, 1.54) is 0 Å². The van der Waals surface area contributed by atoms with E-state index in [0.29, 0.717) is 5.56 Å². The summed E-state index contributed by atoms with van der Waals surface area (Å²) in [5.74, 6) is -2.75. The quantitative estimate of drug-likeness (QED) is 0.330. The number of β-lactam (4-membered cyclic amide) rings is 1. The summed E-state index contributed by atoms with van der Waals surface area (Å²) in [5, 5.41) is 13.5. The minimum atomic E-state index is -1.63. The van der Waals surface area contributed by atoms with Crippen LogP contribution in [0, 0.1) is 0 Å². The largest absolute Gasteiger partial charge is 0.614 e. The SMILES string of the molecule is C=C1C[S+]([O-])[C@@H]2[C@H](NC(=O)C(NC(=O)OC(C)(C)C)c3ccccc3)C(=O)N2C1C(=O)O. The number of rotatable bonds is 5. The van der Waals surface area contributed by atoms with Crippen molar-refractivity contribution in [2.24, 2.45) is 0 Å². The van der Waals surface area contributed by atoms with E-state index in [0.717, 1.165) is 4.90 Å². The Kier molecular flexibility index (Phi) is 6.51. The Bertz CT molecular complexity index is 946. The Morgan fingerprint density at radius 3 is 2.47 bits per heavy atom. The number of nitrogens with one attached hydrogen (secondary N) is 2. The van der Waals surface area contributed by atoms with Crippen molar-refractivity contribution < 1.29 is 33.6 Å². The molecule has 0 aromatic heterocycles. The Hall–Kier alpha value is -3.05. The molecule has 0 bridgehead atoms. The first-order valence-electron chi connectivity index (χ1n) is 9.85. The highest BCUT2D eigenvalue weighted by Crippen LogP contribution is 2.36. The van der Waals surface area contributed by atoms with E-state index >= 15 is 0 Å². The van der Waals surface area contributed by atoms with Crippen LogP contribution < -0.4 is 10.6 Å². The third kappa shape index (κ3) is 4.73. The number of benzene rings is 1. The van der Waals surface area contributed by atoms with Crippen LogP contribution in [0.5, 0.6) is 0 Å². The summed E-state index contributed by atoms with van der Waals surface area (Å²) in [6.45, 7) is 8.65. The van der Waals surface area contributed by atoms with Gasteiger partial charge in [-0.25, -0.2) is 9.59 Å². The number of aliphatic carboxylic acids is 1. The average molecular weight is 464 g/mol. The molecule has 3 N–H and O–H groups in total. The maximum Gasteiger partial charge on any atom is 0.408 e. The summed E-state index contributed by atoms with van der Waals surface area (Å²) < 4.78 is 17.8. The predicted octanol–water partition coefficient (Wildman–Crippen LogP) is 0.677. The van der Waals surface area contributed by atoms with Crippen molar-refractivity contribution in [3.8, 4) is 0 Å². The molecule has 0 saturated carbocycles. The zero-order valence-corrected chi connectivity index (χ0v) is 18.7. The van der Waals surface area contributed by atoms with Gasteiger partial charge in [-0.05, 0) is 37.5 Å². The van der Waals surface area contributed by atoms with Crippen LogP contribution in [0.3, 0.4) is 0 Å². The molecule has 3 rings (SSSR count). The summed E-state index contributed by atoms with van der Waals surface area (Å²) in [6.07, 6.45) is -0.827. The molecule has 2 saturated heterocycles. The molecule has 172 valence electrons. The third-order valence-corrected chi connectivity index (χ3v) is 6.62. The van der Waals surface area contributed by atoms with Crippen LogP contribution in [-0.4, -0.2) is 67.2 Å². The van der Waals surface area contributed by atoms with Gasteiger partial charge in [0.15, 0.2) is 12.1 Å². The number of carbonyl (C=O) groups is 4. The molecule has 2 fully saturated rings. The van der Waals surface area contributed by atoms with Crippen LogP contribution in [0.1, 0.15) is 32.4 Å². The highest BCUT2D eigenvalue weighted by molar-refractivity contribution is 7.92. The van der Waals surface area contributed by atoms with Gasteiger partial charge >= 0.3 is 12.1 Å². The first kappa shape index (κ1) is 23.6. The summed E-state index contributed by atoms with van der Waals surface area (Å²) in [4.78, 5) is 50.6. The Morgan fingerprint density at radius 1 is 1.28 bits per heavy atom. The lowest BCUT2D eigenvalue weighted by Crippen LogP contribution is -2.79. The summed E-state index contributed by atoms with van der Waals surface area (Å²) >= 11 is -1.63. The molecule has 5 atom stereocenters. The number of amides is 3. The number of hydrogen-bond donors (Lipinski definition) is 3. The Labute approximate surface area is 188 Å². The molecule has 1 aromatic rings. The molecule has 11 heteroatoms. The minimum absolute atomic E-state index is 0.0872. The number of alkyl carbamates (subject to hydrolysis) is 1. The van der Waals surface area contributed by atoms with Gasteiger partial charge in [0, 0.05) is 5.57 Å². The standard InChI is InChI=1S/C21H25N3O7S/c1-11-10-32(30)18-14(17(26)24(18)15(11)19(27)28)22-16(25)13(12-8-6-5-7-9-12)23-20(29)31-21(2,3)4/h5-9,13-15,18H,1,10H2,2-4H3,(H,22,25)(H,23,29)(H,27,28)/t13?,14-,15?,18-,32?/m1/s1. The normalized spacial score (nSPS) is 25.8. The average Bonchev–Trinajstić information content (AvgIpc) is 2.68. The number of nitrogens with zero attached hydrogens (tertiary/aromatic N) is 1. The van der Waals surface area contributed by atoms with Gasteiger partial charge in [0.05, 0.1) is 0 Å². The Balaban J connectivity index is 1.79. The van der Waals surface area contributed by atoms with E-state index in [2.05, 4.69) is 17.2 Å². The zero-order chi connectivity index (χ0) is 23.8. The number of hydrogen-bond acceptors (Lipinski definition) is 6. The van der Waals surface area contributed by atoms with Crippen molar-refractivity contribution in [3.05, 3.63) is 48.0 Å². The first-order valence-corrected chi connectivity index (χ1v) is 11.2. The zero-order valence-electron chi connectivity index (χ0n) is 17.9. The van der Waals surface area contributed by atoms with Gasteiger partial charge in [0.2, 0.25) is 11.3 Å². The molecule has 1 aromatic carbocycles. The number of fused-ring (bicyclic) bond motifs is 1. The van der Waals surface area contributed by atoms with Gasteiger partial charge in [-0.15, -0.1) is 0 Å². The minimum Gasteiger partial charge on any atom is -0.614 e. The smallest absolute Gasteiger partial charge is 0.408 e. The van der Waals surface area contributed by atoms with E-state index in [1.807, 2.05) is 0 Å². The van der Waals surface area contributed by atoms with Gasteiger partial charge in [-0.2, -0.15) is 0 Å². The molecule has 2 heterocycles. The van der Waals surface area contributed by atoms with E-state index < -0.39 is 64.2 Å². The molecule has 2 aliphatic heterocycles. The number of ether oxygens (including phenoxy) is 1. The molecule has 2 aliphatic rings.